The zero-order chi connectivity index (χ0) is 20.6. The molecular weight excluding hydrogens is 375 g/mol. The number of hydrogen-bond donors (Lipinski definition) is 1. The van der Waals surface area contributed by atoms with Crippen LogP contribution in [-0.2, 0) is 11.0 Å². The van der Waals surface area contributed by atoms with Crippen LogP contribution in [0.2, 0.25) is 0 Å². The quantitative estimate of drug-likeness (QED) is 0.865. The monoisotopic (exact) mass is 395 g/mol. The fourth-order valence-corrected chi connectivity index (χ4v) is 3.53. The minimum absolute atomic E-state index is 0.120. The van der Waals surface area contributed by atoms with Crippen LogP contribution in [0.1, 0.15) is 35.0 Å². The fourth-order valence-electron chi connectivity index (χ4n) is 3.53. The molecule has 3 rings (SSSR count). The highest BCUT2D eigenvalue weighted by atomic mass is 19.4. The summed E-state index contributed by atoms with van der Waals surface area (Å²) in [4.78, 5) is 25.4. The zero-order valence-corrected chi connectivity index (χ0v) is 15.4. The third-order valence-electron chi connectivity index (χ3n) is 4.84. The average Bonchev–Trinajstić information content (AvgIpc) is 3.06. The number of aliphatic carboxylic acids is 1. The summed E-state index contributed by atoms with van der Waals surface area (Å²) in [6.45, 7) is 3.67. The van der Waals surface area contributed by atoms with Crippen molar-refractivity contribution in [1.29, 1.82) is 0 Å². The van der Waals surface area contributed by atoms with E-state index < -0.39 is 35.2 Å². The number of alkyl halides is 3. The van der Waals surface area contributed by atoms with E-state index in [9.17, 15) is 27.9 Å². The van der Waals surface area contributed by atoms with E-state index in [1.807, 2.05) is 6.92 Å². The maximum Gasteiger partial charge on any atom is 0.434 e. The first kappa shape index (κ1) is 19.9. The van der Waals surface area contributed by atoms with Crippen molar-refractivity contribution >= 4 is 11.9 Å². The molecule has 150 valence electrons. The van der Waals surface area contributed by atoms with Crippen molar-refractivity contribution in [2.75, 3.05) is 13.1 Å². The van der Waals surface area contributed by atoms with Crippen LogP contribution in [0.25, 0.3) is 5.69 Å². The van der Waals surface area contributed by atoms with Gasteiger partial charge in [-0.25, -0.2) is 4.68 Å². The topological polar surface area (TPSA) is 75.4 Å². The van der Waals surface area contributed by atoms with Gasteiger partial charge in [-0.2, -0.15) is 18.3 Å². The van der Waals surface area contributed by atoms with Gasteiger partial charge in [-0.15, -0.1) is 0 Å². The lowest BCUT2D eigenvalue weighted by molar-refractivity contribution is -0.145. The number of aryl methyl sites for hydroxylation is 1. The second-order valence-electron chi connectivity index (χ2n) is 7.24. The Morgan fingerprint density at radius 2 is 1.82 bits per heavy atom. The highest BCUT2D eigenvalue weighted by Gasteiger charge is 2.42. The molecule has 0 saturated carbocycles. The van der Waals surface area contributed by atoms with Gasteiger partial charge in [0.25, 0.3) is 5.91 Å². The number of carbonyl (C=O) groups is 2. The molecule has 2 aromatic rings. The van der Waals surface area contributed by atoms with Crippen LogP contribution in [-0.4, -0.2) is 44.8 Å². The van der Waals surface area contributed by atoms with Crippen molar-refractivity contribution in [2.45, 2.75) is 26.4 Å². The van der Waals surface area contributed by atoms with E-state index in [0.717, 1.165) is 11.8 Å². The fraction of sp³-hybridized carbons (Fsp3) is 0.421. The summed E-state index contributed by atoms with van der Waals surface area (Å²) in [6.07, 6.45) is -3.52. The van der Waals surface area contributed by atoms with E-state index >= 15 is 0 Å². The molecule has 2 atom stereocenters. The number of halogens is 3. The van der Waals surface area contributed by atoms with Gasteiger partial charge < -0.3 is 10.0 Å². The summed E-state index contributed by atoms with van der Waals surface area (Å²) >= 11 is 0. The lowest BCUT2D eigenvalue weighted by Crippen LogP contribution is -2.45. The second kappa shape index (κ2) is 7.29. The van der Waals surface area contributed by atoms with Crippen LogP contribution in [0.5, 0.6) is 0 Å². The number of carbonyl (C=O) groups excluding carboxylic acids is 1. The first-order chi connectivity index (χ1) is 13.1. The number of rotatable bonds is 3. The molecule has 0 radical (unpaired) electrons. The van der Waals surface area contributed by atoms with Crippen molar-refractivity contribution in [3.8, 4) is 5.69 Å². The zero-order valence-electron chi connectivity index (χ0n) is 15.4. The van der Waals surface area contributed by atoms with E-state index in [4.69, 9.17) is 0 Å². The van der Waals surface area contributed by atoms with Crippen molar-refractivity contribution in [3.05, 3.63) is 47.3 Å². The number of carboxylic acids is 1. The van der Waals surface area contributed by atoms with Crippen molar-refractivity contribution in [3.63, 3.8) is 0 Å². The van der Waals surface area contributed by atoms with E-state index in [1.165, 1.54) is 17.0 Å². The Morgan fingerprint density at radius 3 is 2.39 bits per heavy atom. The van der Waals surface area contributed by atoms with Crippen LogP contribution in [0.4, 0.5) is 13.2 Å². The Morgan fingerprint density at radius 1 is 1.18 bits per heavy atom. The molecule has 1 aromatic heterocycles. The maximum atomic E-state index is 13.8. The third kappa shape index (κ3) is 3.88. The normalized spacial score (nSPS) is 20.2. The number of aromatic nitrogens is 2. The Balaban J connectivity index is 2.01. The SMILES string of the molecule is Cc1ccc(-n2ncc(C(=O)N3CC(C)CC(C(=O)O)C3)c2C(F)(F)F)cc1. The number of nitrogens with zero attached hydrogens (tertiary/aromatic N) is 3. The molecule has 1 fully saturated rings. The molecule has 0 bridgehead atoms. The molecular formula is C19H20F3N3O3. The number of carboxylic acid groups (broad SMARTS) is 1. The van der Waals surface area contributed by atoms with Crippen molar-refractivity contribution < 1.29 is 27.9 Å². The summed E-state index contributed by atoms with van der Waals surface area (Å²) < 4.78 is 42.1. The van der Waals surface area contributed by atoms with E-state index in [2.05, 4.69) is 5.10 Å². The summed E-state index contributed by atoms with van der Waals surface area (Å²) in [5.41, 5.74) is -0.673. The van der Waals surface area contributed by atoms with Gasteiger partial charge >= 0.3 is 12.1 Å². The molecule has 1 saturated heterocycles. The standard InChI is InChI=1S/C19H20F3N3O3/c1-11-3-5-14(6-4-11)25-16(19(20,21)22)15(8-23-25)17(26)24-9-12(2)7-13(10-24)18(27)28/h3-6,8,12-13H,7,9-10H2,1-2H3,(H,27,28). The first-order valence-electron chi connectivity index (χ1n) is 8.82. The van der Waals surface area contributed by atoms with Crippen LogP contribution < -0.4 is 0 Å². The number of benzene rings is 1. The van der Waals surface area contributed by atoms with Crippen molar-refractivity contribution in [2.24, 2.45) is 11.8 Å². The Hall–Kier alpha value is -2.84. The minimum Gasteiger partial charge on any atom is -0.481 e. The molecule has 1 aliphatic rings. The van der Waals surface area contributed by atoms with Gasteiger partial charge in [-0.3, -0.25) is 9.59 Å². The van der Waals surface area contributed by atoms with Crippen LogP contribution in [0, 0.1) is 18.8 Å². The van der Waals surface area contributed by atoms with Gasteiger partial charge in [0.15, 0.2) is 5.69 Å². The van der Waals surface area contributed by atoms with E-state index in [1.54, 1.807) is 19.1 Å². The van der Waals surface area contributed by atoms with Gasteiger partial charge in [0.05, 0.1) is 23.4 Å². The summed E-state index contributed by atoms with van der Waals surface area (Å²) in [7, 11) is 0. The number of hydrogen-bond acceptors (Lipinski definition) is 3. The van der Waals surface area contributed by atoms with Gasteiger partial charge in [0.1, 0.15) is 0 Å². The van der Waals surface area contributed by atoms with Crippen LogP contribution in [0.3, 0.4) is 0 Å². The summed E-state index contributed by atoms with van der Waals surface area (Å²) in [5, 5.41) is 13.1. The summed E-state index contributed by atoms with van der Waals surface area (Å²) in [6, 6.07) is 6.30. The third-order valence-corrected chi connectivity index (χ3v) is 4.84. The highest BCUT2D eigenvalue weighted by molar-refractivity contribution is 5.96. The molecule has 1 amide bonds. The van der Waals surface area contributed by atoms with Crippen LogP contribution >= 0.6 is 0 Å². The van der Waals surface area contributed by atoms with E-state index in [0.29, 0.717) is 11.1 Å². The van der Waals surface area contributed by atoms with Crippen molar-refractivity contribution in [1.82, 2.24) is 14.7 Å². The Bertz CT molecular complexity index is 890. The lowest BCUT2D eigenvalue weighted by Gasteiger charge is -2.34. The molecule has 6 nitrogen and oxygen atoms in total. The number of amides is 1. The predicted molar refractivity (Wildman–Crippen MR) is 94.1 cm³/mol. The largest absolute Gasteiger partial charge is 0.481 e. The predicted octanol–water partition coefficient (Wildman–Crippen LogP) is 3.38. The number of likely N-dealkylation sites (tertiary alicyclic amines) is 1. The van der Waals surface area contributed by atoms with Gasteiger partial charge in [-0.1, -0.05) is 24.6 Å². The van der Waals surface area contributed by atoms with Gasteiger partial charge in [0, 0.05) is 13.1 Å². The van der Waals surface area contributed by atoms with Gasteiger partial charge in [-0.05, 0) is 31.4 Å². The smallest absolute Gasteiger partial charge is 0.434 e. The first-order valence-corrected chi connectivity index (χ1v) is 8.82. The molecule has 9 heteroatoms. The van der Waals surface area contributed by atoms with E-state index in [-0.39, 0.29) is 24.7 Å². The Labute approximate surface area is 159 Å². The lowest BCUT2D eigenvalue weighted by atomic mass is 9.90. The molecule has 2 unspecified atom stereocenters. The summed E-state index contributed by atoms with van der Waals surface area (Å²) in [5.74, 6) is -2.84. The average molecular weight is 395 g/mol. The maximum absolute atomic E-state index is 13.8. The second-order valence-corrected chi connectivity index (χ2v) is 7.24. The molecule has 28 heavy (non-hydrogen) atoms. The molecule has 0 spiro atoms. The van der Waals surface area contributed by atoms with Gasteiger partial charge in [0.2, 0.25) is 0 Å². The number of piperidine rings is 1. The Kier molecular flexibility index (Phi) is 5.18. The molecule has 0 aliphatic carbocycles. The van der Waals surface area contributed by atoms with Crippen LogP contribution in [0.15, 0.2) is 30.5 Å². The molecule has 2 heterocycles. The minimum atomic E-state index is -4.81. The molecule has 1 N–H and O–H groups in total. The molecule has 1 aromatic carbocycles. The molecule has 1 aliphatic heterocycles. The highest BCUT2D eigenvalue weighted by Crippen LogP contribution is 2.35.